The quantitative estimate of drug-likeness (QED) is 0.586. The molecule has 12 heavy (non-hydrogen) atoms. The van der Waals surface area contributed by atoms with Crippen molar-refractivity contribution in [2.24, 2.45) is 0 Å². The summed E-state index contributed by atoms with van der Waals surface area (Å²) in [7, 11) is 0. The van der Waals surface area contributed by atoms with Crippen LogP contribution in [0.5, 0.6) is 5.88 Å². The molecule has 0 aliphatic carbocycles. The van der Waals surface area contributed by atoms with Crippen LogP contribution in [0.4, 0.5) is 0 Å². The Morgan fingerprint density at radius 2 is 2.50 bits per heavy atom. The highest BCUT2D eigenvalue weighted by Crippen LogP contribution is 2.19. The van der Waals surface area contributed by atoms with Crippen LogP contribution >= 0.6 is 15.9 Å². The first kappa shape index (κ1) is 9.19. The summed E-state index contributed by atoms with van der Waals surface area (Å²) < 4.78 is 6.08. The molecule has 0 saturated heterocycles. The van der Waals surface area contributed by atoms with E-state index in [9.17, 15) is 0 Å². The number of hydrogen-bond donors (Lipinski definition) is 0. The van der Waals surface area contributed by atoms with Crippen LogP contribution in [0.1, 0.15) is 6.42 Å². The van der Waals surface area contributed by atoms with Crippen LogP contribution < -0.4 is 4.74 Å². The Kier molecular flexibility index (Phi) is 3.73. The molecule has 1 heterocycles. The molecule has 1 aromatic heterocycles. The van der Waals surface area contributed by atoms with Gasteiger partial charge < -0.3 is 4.74 Å². The molecule has 4 heteroatoms. The molecule has 0 fully saturated rings. The van der Waals surface area contributed by atoms with Crippen molar-refractivity contribution < 1.29 is 4.74 Å². The van der Waals surface area contributed by atoms with Gasteiger partial charge in [-0.3, -0.25) is 0 Å². The van der Waals surface area contributed by atoms with Crippen molar-refractivity contribution in [1.82, 2.24) is 9.97 Å². The number of hydrogen-bond acceptors (Lipinski definition) is 3. The van der Waals surface area contributed by atoms with E-state index in [1.54, 1.807) is 12.3 Å². The lowest BCUT2D eigenvalue weighted by atomic mass is 10.4. The Morgan fingerprint density at radius 3 is 3.17 bits per heavy atom. The van der Waals surface area contributed by atoms with Gasteiger partial charge >= 0.3 is 0 Å². The first-order valence-electron chi connectivity index (χ1n) is 3.54. The molecular formula is C8H9BrN2O. The Morgan fingerprint density at radius 1 is 1.67 bits per heavy atom. The summed E-state index contributed by atoms with van der Waals surface area (Å²) in [5.41, 5.74) is 0. The monoisotopic (exact) mass is 228 g/mol. The van der Waals surface area contributed by atoms with Gasteiger partial charge in [0.1, 0.15) is 6.33 Å². The van der Waals surface area contributed by atoms with Gasteiger partial charge in [0.25, 0.3) is 0 Å². The molecule has 0 aliphatic heterocycles. The highest BCUT2D eigenvalue weighted by atomic mass is 79.9. The number of rotatable bonds is 4. The van der Waals surface area contributed by atoms with Gasteiger partial charge in [-0.2, -0.15) is 0 Å². The minimum atomic E-state index is 0.576. The Labute approximate surface area is 79.6 Å². The first-order chi connectivity index (χ1) is 5.84. The Hall–Kier alpha value is -0.900. The van der Waals surface area contributed by atoms with Crippen molar-refractivity contribution >= 4 is 15.9 Å². The van der Waals surface area contributed by atoms with Crippen LogP contribution in [0.2, 0.25) is 0 Å². The molecule has 3 nitrogen and oxygen atoms in total. The number of halogens is 1. The van der Waals surface area contributed by atoms with E-state index in [0.29, 0.717) is 12.5 Å². The van der Waals surface area contributed by atoms with Crippen LogP contribution in [0.3, 0.4) is 0 Å². The molecule has 0 N–H and O–H groups in total. The fourth-order valence-electron chi connectivity index (χ4n) is 0.647. The van der Waals surface area contributed by atoms with Crippen LogP contribution in [-0.2, 0) is 0 Å². The second-order valence-corrected chi connectivity index (χ2v) is 2.96. The normalized spacial score (nSPS) is 9.42. The maximum atomic E-state index is 5.31. The van der Waals surface area contributed by atoms with Crippen molar-refractivity contribution in [3.8, 4) is 5.88 Å². The summed E-state index contributed by atoms with van der Waals surface area (Å²) in [6.07, 6.45) is 5.72. The molecule has 0 aromatic carbocycles. The van der Waals surface area contributed by atoms with Gasteiger partial charge in [0.15, 0.2) is 0 Å². The maximum Gasteiger partial charge on any atom is 0.231 e. The summed E-state index contributed by atoms with van der Waals surface area (Å²) in [5, 5.41) is 0. The van der Waals surface area contributed by atoms with Gasteiger partial charge in [0.2, 0.25) is 5.88 Å². The molecule has 0 spiro atoms. The van der Waals surface area contributed by atoms with E-state index >= 15 is 0 Å². The largest absolute Gasteiger partial charge is 0.476 e. The van der Waals surface area contributed by atoms with Crippen molar-refractivity contribution in [3.63, 3.8) is 0 Å². The number of nitrogens with zero attached hydrogens (tertiary/aromatic N) is 2. The molecule has 0 saturated carbocycles. The average Bonchev–Trinajstić information content (AvgIpc) is 2.09. The second-order valence-electron chi connectivity index (χ2n) is 2.10. The van der Waals surface area contributed by atoms with E-state index in [2.05, 4.69) is 32.5 Å². The van der Waals surface area contributed by atoms with Gasteiger partial charge in [-0.1, -0.05) is 6.08 Å². The van der Waals surface area contributed by atoms with E-state index in [1.807, 2.05) is 0 Å². The summed E-state index contributed by atoms with van der Waals surface area (Å²) in [4.78, 5) is 7.75. The Balaban J connectivity index is 2.51. The van der Waals surface area contributed by atoms with Gasteiger partial charge in [-0.05, 0) is 22.4 Å². The summed E-state index contributed by atoms with van der Waals surface area (Å²) >= 11 is 3.27. The summed E-state index contributed by atoms with van der Waals surface area (Å²) in [6, 6.07) is 0. The zero-order valence-corrected chi connectivity index (χ0v) is 8.12. The predicted molar refractivity (Wildman–Crippen MR) is 50.0 cm³/mol. The minimum absolute atomic E-state index is 0.576. The van der Waals surface area contributed by atoms with Crippen LogP contribution in [0.15, 0.2) is 29.7 Å². The van der Waals surface area contributed by atoms with Crippen molar-refractivity contribution in [2.45, 2.75) is 6.42 Å². The molecule has 64 valence electrons. The van der Waals surface area contributed by atoms with Gasteiger partial charge in [0, 0.05) is 6.20 Å². The molecule has 0 radical (unpaired) electrons. The van der Waals surface area contributed by atoms with E-state index < -0.39 is 0 Å². The standard InChI is InChI=1S/C8H9BrN2O/c1-2-3-4-12-8-7(9)5-10-6-11-8/h2,5-6H,1,3-4H2. The van der Waals surface area contributed by atoms with E-state index in [-0.39, 0.29) is 0 Å². The van der Waals surface area contributed by atoms with E-state index in [0.717, 1.165) is 10.9 Å². The zero-order chi connectivity index (χ0) is 8.81. The van der Waals surface area contributed by atoms with Crippen molar-refractivity contribution in [2.75, 3.05) is 6.61 Å². The van der Waals surface area contributed by atoms with Crippen LogP contribution in [-0.4, -0.2) is 16.6 Å². The summed E-state index contributed by atoms with van der Waals surface area (Å²) in [6.45, 7) is 4.19. The number of aromatic nitrogens is 2. The van der Waals surface area contributed by atoms with Gasteiger partial charge in [-0.15, -0.1) is 6.58 Å². The molecule has 1 aromatic rings. The fraction of sp³-hybridized carbons (Fsp3) is 0.250. The summed E-state index contributed by atoms with van der Waals surface area (Å²) in [5.74, 6) is 0.576. The molecule has 0 atom stereocenters. The third-order valence-electron chi connectivity index (χ3n) is 1.19. The van der Waals surface area contributed by atoms with Gasteiger partial charge in [-0.25, -0.2) is 9.97 Å². The molecule has 0 aliphatic rings. The molecule has 0 unspecified atom stereocenters. The maximum absolute atomic E-state index is 5.31. The van der Waals surface area contributed by atoms with Gasteiger partial charge in [0.05, 0.1) is 11.1 Å². The SMILES string of the molecule is C=CCCOc1ncncc1Br. The smallest absolute Gasteiger partial charge is 0.231 e. The lowest BCUT2D eigenvalue weighted by Gasteiger charge is -2.03. The van der Waals surface area contributed by atoms with Crippen molar-refractivity contribution in [1.29, 1.82) is 0 Å². The molecule has 1 rings (SSSR count). The second kappa shape index (κ2) is 4.87. The zero-order valence-electron chi connectivity index (χ0n) is 6.53. The topological polar surface area (TPSA) is 35.0 Å². The molecule has 0 bridgehead atoms. The third kappa shape index (κ3) is 2.62. The van der Waals surface area contributed by atoms with Crippen LogP contribution in [0, 0.1) is 0 Å². The molecular weight excluding hydrogens is 220 g/mol. The first-order valence-corrected chi connectivity index (χ1v) is 4.33. The fourth-order valence-corrected chi connectivity index (χ4v) is 0.982. The molecule has 0 amide bonds. The third-order valence-corrected chi connectivity index (χ3v) is 1.74. The highest BCUT2D eigenvalue weighted by Gasteiger charge is 1.99. The lowest BCUT2D eigenvalue weighted by Crippen LogP contribution is -1.98. The van der Waals surface area contributed by atoms with E-state index in [4.69, 9.17) is 4.74 Å². The predicted octanol–water partition coefficient (Wildman–Crippen LogP) is 2.19. The lowest BCUT2D eigenvalue weighted by molar-refractivity contribution is 0.309. The Bertz CT molecular complexity index is 265. The minimum Gasteiger partial charge on any atom is -0.476 e. The highest BCUT2D eigenvalue weighted by molar-refractivity contribution is 9.10. The van der Waals surface area contributed by atoms with Crippen LogP contribution in [0.25, 0.3) is 0 Å². The average molecular weight is 229 g/mol. The van der Waals surface area contributed by atoms with E-state index in [1.165, 1.54) is 6.33 Å². The van der Waals surface area contributed by atoms with Crippen molar-refractivity contribution in [3.05, 3.63) is 29.7 Å². The number of ether oxygens (including phenoxy) is 1.